The summed E-state index contributed by atoms with van der Waals surface area (Å²) >= 11 is 6.11. The first-order valence-corrected chi connectivity index (χ1v) is 6.77. The number of aryl methyl sites for hydroxylation is 1. The van der Waals surface area contributed by atoms with Gasteiger partial charge in [0.2, 0.25) is 5.88 Å². The predicted octanol–water partition coefficient (Wildman–Crippen LogP) is 4.54. The van der Waals surface area contributed by atoms with E-state index in [-0.39, 0.29) is 10.9 Å². The second kappa shape index (κ2) is 5.26. The molecule has 0 bridgehead atoms. The molecule has 0 unspecified atom stereocenters. The molecule has 2 heterocycles. The monoisotopic (exact) mass is 306 g/mol. The van der Waals surface area contributed by atoms with Crippen molar-refractivity contribution in [3.63, 3.8) is 0 Å². The molecule has 0 atom stereocenters. The maximum atomic E-state index is 13.2. The zero-order chi connectivity index (χ0) is 15.0. The molecule has 0 amide bonds. The lowest BCUT2D eigenvalue weighted by Gasteiger charge is -2.05. The fourth-order valence-electron chi connectivity index (χ4n) is 2.26. The number of aromatic nitrogens is 1. The minimum Gasteiger partial charge on any atom is -0.469 e. The van der Waals surface area contributed by atoms with Crippen LogP contribution in [0.3, 0.4) is 0 Å². The minimum atomic E-state index is -0.419. The summed E-state index contributed by atoms with van der Waals surface area (Å²) in [5.41, 5.74) is 8.29. The Morgan fingerprint density at radius 2 is 2.10 bits per heavy atom. The number of nitrogen functional groups attached to an aromatic ring is 1. The van der Waals surface area contributed by atoms with Crippen molar-refractivity contribution < 1.29 is 13.3 Å². The molecule has 2 aromatic heterocycles. The van der Waals surface area contributed by atoms with Gasteiger partial charge in [0.25, 0.3) is 0 Å². The Morgan fingerprint density at radius 3 is 2.81 bits per heavy atom. The van der Waals surface area contributed by atoms with Crippen LogP contribution in [0.2, 0.25) is 5.02 Å². The third-order valence-corrected chi connectivity index (χ3v) is 3.55. The van der Waals surface area contributed by atoms with Gasteiger partial charge in [-0.3, -0.25) is 0 Å². The van der Waals surface area contributed by atoms with Gasteiger partial charge in [0, 0.05) is 17.5 Å². The van der Waals surface area contributed by atoms with E-state index < -0.39 is 5.82 Å². The Bertz CT molecular complexity index is 795. The predicted molar refractivity (Wildman–Crippen MR) is 78.4 cm³/mol. The first-order valence-electron chi connectivity index (χ1n) is 6.39. The van der Waals surface area contributed by atoms with Crippen LogP contribution in [0.5, 0.6) is 0 Å². The first-order chi connectivity index (χ1) is 10.1. The molecule has 21 heavy (non-hydrogen) atoms. The zero-order valence-electron chi connectivity index (χ0n) is 11.2. The van der Waals surface area contributed by atoms with Crippen molar-refractivity contribution in [3.8, 4) is 22.4 Å². The quantitative estimate of drug-likeness (QED) is 0.771. The van der Waals surface area contributed by atoms with E-state index >= 15 is 0 Å². The molecular formula is C15H12ClFN2O2. The minimum absolute atomic E-state index is 0.127. The molecule has 0 radical (unpaired) electrons. The van der Waals surface area contributed by atoms with E-state index in [1.165, 1.54) is 12.1 Å². The lowest BCUT2D eigenvalue weighted by atomic mass is 10.0. The van der Waals surface area contributed by atoms with E-state index in [1.807, 2.05) is 6.92 Å². The normalized spacial score (nSPS) is 11.0. The lowest BCUT2D eigenvalue weighted by Crippen LogP contribution is -1.90. The molecule has 0 fully saturated rings. The molecule has 3 aromatic rings. The molecule has 3 rings (SSSR count). The highest BCUT2D eigenvalue weighted by atomic mass is 35.5. The van der Waals surface area contributed by atoms with Crippen molar-refractivity contribution in [1.82, 2.24) is 5.16 Å². The van der Waals surface area contributed by atoms with Gasteiger partial charge in [-0.05, 0) is 24.3 Å². The van der Waals surface area contributed by atoms with Gasteiger partial charge in [-0.25, -0.2) is 4.39 Å². The van der Waals surface area contributed by atoms with Crippen molar-refractivity contribution in [3.05, 3.63) is 47.1 Å². The van der Waals surface area contributed by atoms with Crippen LogP contribution < -0.4 is 5.73 Å². The van der Waals surface area contributed by atoms with Crippen LogP contribution in [0.1, 0.15) is 12.7 Å². The smallest absolute Gasteiger partial charge is 0.230 e. The Kier molecular flexibility index (Phi) is 3.43. The molecule has 6 heteroatoms. The fraction of sp³-hybridized carbons (Fsp3) is 0.133. The molecule has 0 aliphatic heterocycles. The second-order valence-corrected chi connectivity index (χ2v) is 4.91. The summed E-state index contributed by atoms with van der Waals surface area (Å²) < 4.78 is 23.7. The van der Waals surface area contributed by atoms with E-state index in [0.717, 1.165) is 11.3 Å². The fourth-order valence-corrected chi connectivity index (χ4v) is 2.53. The van der Waals surface area contributed by atoms with Crippen LogP contribution in [-0.2, 0) is 6.42 Å². The van der Waals surface area contributed by atoms with Gasteiger partial charge in [-0.1, -0.05) is 23.7 Å². The van der Waals surface area contributed by atoms with Gasteiger partial charge in [-0.2, -0.15) is 0 Å². The summed E-state index contributed by atoms with van der Waals surface area (Å²) in [7, 11) is 0. The number of hydrogen-bond acceptors (Lipinski definition) is 4. The molecule has 0 saturated heterocycles. The summed E-state index contributed by atoms with van der Waals surface area (Å²) in [6.45, 7) is 1.97. The molecule has 0 aliphatic rings. The van der Waals surface area contributed by atoms with Crippen LogP contribution in [0.4, 0.5) is 10.3 Å². The van der Waals surface area contributed by atoms with E-state index in [4.69, 9.17) is 26.3 Å². The van der Waals surface area contributed by atoms with Crippen molar-refractivity contribution in [2.24, 2.45) is 0 Å². The highest BCUT2D eigenvalue weighted by molar-refractivity contribution is 6.33. The number of anilines is 1. The maximum absolute atomic E-state index is 13.2. The van der Waals surface area contributed by atoms with Crippen LogP contribution in [0.15, 0.2) is 39.5 Å². The standard InChI is InChI=1S/C15H12ClFN2O2/c1-2-12-10(5-6-20-12)14-13(15(18)21-19-14)9-4-3-8(17)7-11(9)16/h3-7H,2,18H2,1H3. The molecule has 0 saturated carbocycles. The second-order valence-electron chi connectivity index (χ2n) is 4.51. The Morgan fingerprint density at radius 1 is 1.29 bits per heavy atom. The number of nitrogens with two attached hydrogens (primary N) is 1. The molecule has 1 aromatic carbocycles. The number of benzene rings is 1. The SMILES string of the molecule is CCc1occc1-c1noc(N)c1-c1ccc(F)cc1Cl. The van der Waals surface area contributed by atoms with E-state index in [2.05, 4.69) is 5.16 Å². The summed E-state index contributed by atoms with van der Waals surface area (Å²) in [6, 6.07) is 5.88. The topological polar surface area (TPSA) is 65.2 Å². The third kappa shape index (κ3) is 2.29. The molecule has 108 valence electrons. The van der Waals surface area contributed by atoms with Crippen LogP contribution in [0, 0.1) is 5.82 Å². The average molecular weight is 307 g/mol. The average Bonchev–Trinajstić information content (AvgIpc) is 3.05. The molecule has 4 nitrogen and oxygen atoms in total. The summed E-state index contributed by atoms with van der Waals surface area (Å²) in [6.07, 6.45) is 2.28. The number of halogens is 2. The van der Waals surface area contributed by atoms with Crippen molar-refractivity contribution in [1.29, 1.82) is 0 Å². The van der Waals surface area contributed by atoms with Crippen LogP contribution in [-0.4, -0.2) is 5.16 Å². The van der Waals surface area contributed by atoms with Gasteiger partial charge >= 0.3 is 0 Å². The van der Waals surface area contributed by atoms with E-state index in [0.29, 0.717) is 23.2 Å². The largest absolute Gasteiger partial charge is 0.469 e. The Labute approximate surface area is 125 Å². The van der Waals surface area contributed by atoms with Gasteiger partial charge in [0.15, 0.2) is 0 Å². The number of furan rings is 1. The highest BCUT2D eigenvalue weighted by Gasteiger charge is 2.22. The molecule has 2 N–H and O–H groups in total. The maximum Gasteiger partial charge on any atom is 0.230 e. The Balaban J connectivity index is 2.22. The third-order valence-electron chi connectivity index (χ3n) is 3.24. The highest BCUT2D eigenvalue weighted by Crippen LogP contribution is 2.41. The van der Waals surface area contributed by atoms with Gasteiger partial charge < -0.3 is 14.7 Å². The van der Waals surface area contributed by atoms with Gasteiger partial charge in [0.1, 0.15) is 17.3 Å². The Hall–Kier alpha value is -2.27. The first kappa shape index (κ1) is 13.7. The van der Waals surface area contributed by atoms with Crippen molar-refractivity contribution in [2.75, 3.05) is 5.73 Å². The van der Waals surface area contributed by atoms with E-state index in [1.54, 1.807) is 18.4 Å². The number of hydrogen-bond donors (Lipinski definition) is 1. The molecule has 0 aliphatic carbocycles. The van der Waals surface area contributed by atoms with Crippen molar-refractivity contribution in [2.45, 2.75) is 13.3 Å². The van der Waals surface area contributed by atoms with E-state index in [9.17, 15) is 4.39 Å². The summed E-state index contributed by atoms with van der Waals surface area (Å²) in [5.74, 6) is 0.474. The van der Waals surface area contributed by atoms with Gasteiger partial charge in [-0.15, -0.1) is 0 Å². The molecule has 0 spiro atoms. The molecular weight excluding hydrogens is 295 g/mol. The summed E-state index contributed by atoms with van der Waals surface area (Å²) in [4.78, 5) is 0. The van der Waals surface area contributed by atoms with Crippen LogP contribution in [0.25, 0.3) is 22.4 Å². The van der Waals surface area contributed by atoms with Crippen molar-refractivity contribution >= 4 is 17.5 Å². The number of nitrogens with zero attached hydrogens (tertiary/aromatic N) is 1. The number of rotatable bonds is 3. The van der Waals surface area contributed by atoms with Gasteiger partial charge in [0.05, 0.1) is 16.8 Å². The van der Waals surface area contributed by atoms with Crippen LogP contribution >= 0.6 is 11.6 Å². The summed E-state index contributed by atoms with van der Waals surface area (Å²) in [5, 5.41) is 4.24. The lowest BCUT2D eigenvalue weighted by molar-refractivity contribution is 0.439. The zero-order valence-corrected chi connectivity index (χ0v) is 11.9.